The third-order valence-electron chi connectivity index (χ3n) is 2.56. The fourth-order valence-corrected chi connectivity index (χ4v) is 1.64. The van der Waals surface area contributed by atoms with Crippen LogP contribution in [-0.4, -0.2) is 29.3 Å². The molecule has 1 heterocycles. The molecular formula is C13H14N2O3. The van der Waals surface area contributed by atoms with E-state index in [1.54, 1.807) is 50.9 Å². The molecule has 0 radical (unpaired) electrons. The number of aromatic nitrogens is 2. The molecule has 0 amide bonds. The molecule has 5 nitrogen and oxygen atoms in total. The normalized spacial score (nSPS) is 11.9. The maximum Gasteiger partial charge on any atom is 0.161 e. The molecule has 0 fully saturated rings. The van der Waals surface area contributed by atoms with Crippen molar-refractivity contribution in [3.05, 3.63) is 48.0 Å². The standard InChI is InChI=1S/C13H14N2O3/c1-17-9-4-5-11(18-2)10(8-9)12(16)13-14-6-3-7-15-13/h3-8,12,16H,1-2H3. The molecule has 1 N–H and O–H groups in total. The SMILES string of the molecule is COc1ccc(OC)c(C(O)c2ncccn2)c1. The van der Waals surface area contributed by atoms with Gasteiger partial charge in [-0.2, -0.15) is 0 Å². The van der Waals surface area contributed by atoms with Gasteiger partial charge in [0.1, 0.15) is 17.6 Å². The molecule has 0 aliphatic rings. The first-order valence-corrected chi connectivity index (χ1v) is 5.43. The van der Waals surface area contributed by atoms with Gasteiger partial charge < -0.3 is 14.6 Å². The molecule has 94 valence electrons. The van der Waals surface area contributed by atoms with Gasteiger partial charge in [0.2, 0.25) is 0 Å². The van der Waals surface area contributed by atoms with Crippen LogP contribution in [0.15, 0.2) is 36.7 Å². The lowest BCUT2D eigenvalue weighted by Gasteiger charge is -2.14. The molecule has 18 heavy (non-hydrogen) atoms. The van der Waals surface area contributed by atoms with Crippen molar-refractivity contribution < 1.29 is 14.6 Å². The van der Waals surface area contributed by atoms with E-state index in [2.05, 4.69) is 9.97 Å². The highest BCUT2D eigenvalue weighted by Gasteiger charge is 2.18. The van der Waals surface area contributed by atoms with Gasteiger partial charge in [-0.1, -0.05) is 0 Å². The molecule has 0 saturated heterocycles. The number of rotatable bonds is 4. The van der Waals surface area contributed by atoms with Crippen LogP contribution in [0.1, 0.15) is 17.5 Å². The second kappa shape index (κ2) is 5.46. The van der Waals surface area contributed by atoms with Crippen LogP contribution in [0.25, 0.3) is 0 Å². The minimum atomic E-state index is -0.948. The summed E-state index contributed by atoms with van der Waals surface area (Å²) < 4.78 is 10.3. The highest BCUT2D eigenvalue weighted by molar-refractivity contribution is 5.43. The largest absolute Gasteiger partial charge is 0.497 e. The monoisotopic (exact) mass is 246 g/mol. The Kier molecular flexibility index (Phi) is 3.74. The van der Waals surface area contributed by atoms with Crippen molar-refractivity contribution in [1.29, 1.82) is 0 Å². The topological polar surface area (TPSA) is 64.5 Å². The number of methoxy groups -OCH3 is 2. The molecule has 0 spiro atoms. The maximum atomic E-state index is 10.3. The molecule has 2 aromatic rings. The molecule has 1 unspecified atom stereocenters. The number of ether oxygens (including phenoxy) is 2. The first-order chi connectivity index (χ1) is 8.76. The van der Waals surface area contributed by atoms with Gasteiger partial charge >= 0.3 is 0 Å². The van der Waals surface area contributed by atoms with Crippen LogP contribution in [0.4, 0.5) is 0 Å². The van der Waals surface area contributed by atoms with E-state index >= 15 is 0 Å². The Morgan fingerprint density at radius 3 is 2.44 bits per heavy atom. The quantitative estimate of drug-likeness (QED) is 0.887. The molecule has 1 aromatic heterocycles. The molecule has 5 heteroatoms. The van der Waals surface area contributed by atoms with Gasteiger partial charge in [-0.3, -0.25) is 0 Å². The van der Waals surface area contributed by atoms with Gasteiger partial charge in [0.15, 0.2) is 5.82 Å². The Balaban J connectivity index is 2.42. The molecule has 0 bridgehead atoms. The van der Waals surface area contributed by atoms with Crippen LogP contribution >= 0.6 is 0 Å². The highest BCUT2D eigenvalue weighted by atomic mass is 16.5. The predicted molar refractivity (Wildman–Crippen MR) is 65.6 cm³/mol. The van der Waals surface area contributed by atoms with Crippen molar-refractivity contribution in [2.24, 2.45) is 0 Å². The summed E-state index contributed by atoms with van der Waals surface area (Å²) in [5.41, 5.74) is 0.572. The Hall–Kier alpha value is -2.14. The predicted octanol–water partition coefficient (Wildman–Crippen LogP) is 1.58. The van der Waals surface area contributed by atoms with Gasteiger partial charge in [0.05, 0.1) is 14.2 Å². The van der Waals surface area contributed by atoms with E-state index in [-0.39, 0.29) is 0 Å². The first kappa shape index (κ1) is 12.3. The summed E-state index contributed by atoms with van der Waals surface area (Å²) >= 11 is 0. The summed E-state index contributed by atoms with van der Waals surface area (Å²) in [6.45, 7) is 0. The molecular weight excluding hydrogens is 232 g/mol. The molecule has 0 aliphatic carbocycles. The molecule has 2 rings (SSSR count). The van der Waals surface area contributed by atoms with Gasteiger partial charge in [-0.15, -0.1) is 0 Å². The minimum Gasteiger partial charge on any atom is -0.497 e. The average molecular weight is 246 g/mol. The zero-order valence-electron chi connectivity index (χ0n) is 10.2. The van der Waals surface area contributed by atoms with E-state index in [4.69, 9.17) is 9.47 Å². The lowest BCUT2D eigenvalue weighted by molar-refractivity contribution is 0.204. The van der Waals surface area contributed by atoms with Crippen molar-refractivity contribution in [2.45, 2.75) is 6.10 Å². The number of aliphatic hydroxyl groups is 1. The number of aliphatic hydroxyl groups excluding tert-OH is 1. The summed E-state index contributed by atoms with van der Waals surface area (Å²) in [6.07, 6.45) is 2.22. The third-order valence-corrected chi connectivity index (χ3v) is 2.56. The summed E-state index contributed by atoms with van der Waals surface area (Å²) in [4.78, 5) is 8.06. The van der Waals surface area contributed by atoms with E-state index in [9.17, 15) is 5.11 Å². The van der Waals surface area contributed by atoms with Crippen LogP contribution in [-0.2, 0) is 0 Å². The molecule has 1 aromatic carbocycles. The summed E-state index contributed by atoms with van der Waals surface area (Å²) in [7, 11) is 3.11. The second-order valence-corrected chi connectivity index (χ2v) is 3.62. The van der Waals surface area contributed by atoms with Gasteiger partial charge in [-0.25, -0.2) is 9.97 Å². The van der Waals surface area contributed by atoms with E-state index < -0.39 is 6.10 Å². The maximum absolute atomic E-state index is 10.3. The lowest BCUT2D eigenvalue weighted by atomic mass is 10.1. The Morgan fingerprint density at radius 2 is 1.83 bits per heavy atom. The van der Waals surface area contributed by atoms with Crippen LogP contribution < -0.4 is 9.47 Å². The van der Waals surface area contributed by atoms with Gasteiger partial charge in [0.25, 0.3) is 0 Å². The average Bonchev–Trinajstić information content (AvgIpc) is 2.46. The fourth-order valence-electron chi connectivity index (χ4n) is 1.64. The summed E-state index contributed by atoms with van der Waals surface area (Å²) in [5, 5.41) is 10.3. The molecule has 0 aliphatic heterocycles. The number of hydrogen-bond donors (Lipinski definition) is 1. The van der Waals surface area contributed by atoms with Gasteiger partial charge in [-0.05, 0) is 24.3 Å². The molecule has 1 atom stereocenters. The number of nitrogens with zero attached hydrogens (tertiary/aromatic N) is 2. The Labute approximate surface area is 105 Å². The zero-order chi connectivity index (χ0) is 13.0. The van der Waals surface area contributed by atoms with Crippen LogP contribution in [0.3, 0.4) is 0 Å². The van der Waals surface area contributed by atoms with Crippen molar-refractivity contribution in [3.8, 4) is 11.5 Å². The van der Waals surface area contributed by atoms with Crippen LogP contribution in [0.5, 0.6) is 11.5 Å². The first-order valence-electron chi connectivity index (χ1n) is 5.43. The Morgan fingerprint density at radius 1 is 1.11 bits per heavy atom. The minimum absolute atomic E-state index is 0.323. The van der Waals surface area contributed by atoms with E-state index in [0.717, 1.165) is 0 Å². The van der Waals surface area contributed by atoms with Crippen LogP contribution in [0.2, 0.25) is 0 Å². The lowest BCUT2D eigenvalue weighted by Crippen LogP contribution is -2.06. The van der Waals surface area contributed by atoms with Crippen molar-refractivity contribution in [2.75, 3.05) is 14.2 Å². The van der Waals surface area contributed by atoms with Crippen molar-refractivity contribution >= 4 is 0 Å². The number of hydrogen-bond acceptors (Lipinski definition) is 5. The summed E-state index contributed by atoms with van der Waals surface area (Å²) in [6, 6.07) is 6.90. The smallest absolute Gasteiger partial charge is 0.161 e. The van der Waals surface area contributed by atoms with Crippen molar-refractivity contribution in [3.63, 3.8) is 0 Å². The number of benzene rings is 1. The fraction of sp³-hybridized carbons (Fsp3) is 0.231. The third kappa shape index (κ3) is 2.41. The second-order valence-electron chi connectivity index (χ2n) is 3.62. The van der Waals surface area contributed by atoms with Crippen molar-refractivity contribution in [1.82, 2.24) is 9.97 Å². The van der Waals surface area contributed by atoms with Crippen LogP contribution in [0, 0.1) is 0 Å². The Bertz CT molecular complexity index is 517. The van der Waals surface area contributed by atoms with E-state index in [0.29, 0.717) is 22.9 Å². The highest BCUT2D eigenvalue weighted by Crippen LogP contribution is 2.31. The van der Waals surface area contributed by atoms with E-state index in [1.165, 1.54) is 0 Å². The molecule has 0 saturated carbocycles. The van der Waals surface area contributed by atoms with Gasteiger partial charge in [0, 0.05) is 18.0 Å². The zero-order valence-corrected chi connectivity index (χ0v) is 10.2. The summed E-state index contributed by atoms with van der Waals surface area (Å²) in [5.74, 6) is 1.53. The van der Waals surface area contributed by atoms with E-state index in [1.807, 2.05) is 0 Å².